The summed E-state index contributed by atoms with van der Waals surface area (Å²) in [6, 6.07) is 2.13. The van der Waals surface area contributed by atoms with Crippen molar-refractivity contribution >= 4 is 30.0 Å². The van der Waals surface area contributed by atoms with E-state index in [1.54, 1.807) is 4.90 Å². The maximum absolute atomic E-state index is 13.8. The number of nitrogens with one attached hydrogen (secondary N) is 1. The fourth-order valence-corrected chi connectivity index (χ4v) is 2.99. The Morgan fingerprint density at radius 1 is 1.21 bits per heavy atom. The molecule has 3 N–H and O–H groups in total. The van der Waals surface area contributed by atoms with Gasteiger partial charge in [0, 0.05) is 19.0 Å². The van der Waals surface area contributed by atoms with Crippen molar-refractivity contribution in [2.75, 3.05) is 19.6 Å². The first-order chi connectivity index (χ1) is 12.7. The van der Waals surface area contributed by atoms with Crippen molar-refractivity contribution < 1.29 is 23.2 Å². The Kier molecular flexibility index (Phi) is 8.97. The van der Waals surface area contributed by atoms with Crippen LogP contribution < -0.4 is 11.1 Å². The number of nitrogens with two attached hydrogens (primary N) is 1. The monoisotopic (exact) mass is 417 g/mol. The Bertz CT molecular complexity index is 722. The fourth-order valence-electron chi connectivity index (χ4n) is 2.99. The number of benzene rings is 1. The lowest BCUT2D eigenvalue weighted by molar-refractivity contribution is -0.134. The Morgan fingerprint density at radius 2 is 1.82 bits per heavy atom. The number of hydrogen-bond acceptors (Lipinski definition) is 4. The minimum absolute atomic E-state index is 0. The molecule has 1 aromatic carbocycles. The topological polar surface area (TPSA) is 92.5 Å². The van der Waals surface area contributed by atoms with E-state index < -0.39 is 29.4 Å². The molecule has 1 aromatic rings. The van der Waals surface area contributed by atoms with Crippen molar-refractivity contribution in [2.45, 2.75) is 32.7 Å². The van der Waals surface area contributed by atoms with E-state index in [-0.39, 0.29) is 42.2 Å². The minimum Gasteiger partial charge on any atom is -0.346 e. The number of hydrogen-bond donors (Lipinski definition) is 2. The number of likely N-dealkylation sites (tertiary alicyclic amines) is 1. The number of Topliss-reactive ketones (excluding diaryl/α,β-unsaturated/α-hetero) is 1. The van der Waals surface area contributed by atoms with Crippen molar-refractivity contribution in [1.29, 1.82) is 0 Å². The predicted octanol–water partition coefficient (Wildman–Crippen LogP) is 1.91. The largest absolute Gasteiger partial charge is 0.346 e. The van der Waals surface area contributed by atoms with Gasteiger partial charge in [-0.25, -0.2) is 8.78 Å². The summed E-state index contributed by atoms with van der Waals surface area (Å²) in [5, 5.41) is 2.52. The molecule has 0 radical (unpaired) electrons. The number of nitrogens with zero attached hydrogens (tertiary/aromatic N) is 1. The second-order valence-corrected chi connectivity index (χ2v) is 7.13. The number of amides is 2. The Hall–Kier alpha value is -2.06. The van der Waals surface area contributed by atoms with E-state index in [9.17, 15) is 23.2 Å². The van der Waals surface area contributed by atoms with Crippen molar-refractivity contribution in [3.05, 3.63) is 35.4 Å². The Balaban J connectivity index is 0.00000392. The third-order valence-corrected chi connectivity index (χ3v) is 4.85. The molecule has 0 aromatic heterocycles. The average molecular weight is 418 g/mol. The second kappa shape index (κ2) is 10.5. The van der Waals surface area contributed by atoms with Crippen LogP contribution in [0.2, 0.25) is 0 Å². The number of ketones is 1. The summed E-state index contributed by atoms with van der Waals surface area (Å²) < 4.78 is 27.1. The van der Waals surface area contributed by atoms with Gasteiger partial charge in [-0.15, -0.1) is 12.4 Å². The normalized spacial score (nSPS) is 15.7. The average Bonchev–Trinajstić information content (AvgIpc) is 2.66. The molecule has 28 heavy (non-hydrogen) atoms. The van der Waals surface area contributed by atoms with Gasteiger partial charge >= 0.3 is 0 Å². The molecule has 1 atom stereocenters. The first-order valence-electron chi connectivity index (χ1n) is 9.01. The highest BCUT2D eigenvalue weighted by atomic mass is 35.5. The van der Waals surface area contributed by atoms with Crippen LogP contribution >= 0.6 is 12.4 Å². The van der Waals surface area contributed by atoms with E-state index in [1.165, 1.54) is 0 Å². The van der Waals surface area contributed by atoms with Crippen LogP contribution in [0.15, 0.2) is 18.2 Å². The molecule has 1 saturated heterocycles. The number of rotatable bonds is 6. The molecule has 0 aliphatic carbocycles. The summed E-state index contributed by atoms with van der Waals surface area (Å²) in [5.41, 5.74) is 5.47. The zero-order chi connectivity index (χ0) is 20.1. The van der Waals surface area contributed by atoms with E-state index in [2.05, 4.69) is 5.32 Å². The molecular weight excluding hydrogens is 392 g/mol. The van der Waals surface area contributed by atoms with Crippen LogP contribution in [-0.2, 0) is 9.59 Å². The van der Waals surface area contributed by atoms with Crippen molar-refractivity contribution in [1.82, 2.24) is 10.2 Å². The SMILES string of the molecule is CC(C)[C@H](N)C(=O)NCC(=O)N1CCC(C(=O)c2cc(F)ccc2F)CC1.Cl. The predicted molar refractivity (Wildman–Crippen MR) is 103 cm³/mol. The minimum atomic E-state index is -0.746. The van der Waals surface area contributed by atoms with Crippen molar-refractivity contribution in [2.24, 2.45) is 17.6 Å². The van der Waals surface area contributed by atoms with Gasteiger partial charge in [0.1, 0.15) is 11.6 Å². The molecule has 0 spiro atoms. The first-order valence-corrected chi connectivity index (χ1v) is 9.01. The lowest BCUT2D eigenvalue weighted by Gasteiger charge is -2.31. The molecule has 2 amide bonds. The van der Waals surface area contributed by atoms with E-state index >= 15 is 0 Å². The molecule has 0 unspecified atom stereocenters. The highest BCUT2D eigenvalue weighted by Gasteiger charge is 2.29. The molecule has 1 aliphatic heterocycles. The maximum Gasteiger partial charge on any atom is 0.241 e. The maximum atomic E-state index is 13.8. The molecule has 9 heteroatoms. The van der Waals surface area contributed by atoms with Crippen LogP contribution in [0.25, 0.3) is 0 Å². The molecule has 0 saturated carbocycles. The molecule has 1 fully saturated rings. The van der Waals surface area contributed by atoms with E-state index in [0.717, 1.165) is 18.2 Å². The van der Waals surface area contributed by atoms with Crippen LogP contribution in [0.4, 0.5) is 8.78 Å². The van der Waals surface area contributed by atoms with Gasteiger partial charge in [0.2, 0.25) is 11.8 Å². The van der Waals surface area contributed by atoms with E-state index in [4.69, 9.17) is 5.73 Å². The van der Waals surface area contributed by atoms with E-state index in [0.29, 0.717) is 25.9 Å². The number of halogens is 3. The lowest BCUT2D eigenvalue weighted by atomic mass is 9.88. The number of carbonyl (C=O) groups excluding carboxylic acids is 3. The van der Waals surface area contributed by atoms with Gasteiger partial charge in [-0.1, -0.05) is 13.8 Å². The number of piperidine rings is 1. The van der Waals surface area contributed by atoms with Gasteiger partial charge in [0.25, 0.3) is 0 Å². The fraction of sp³-hybridized carbons (Fsp3) is 0.526. The van der Waals surface area contributed by atoms with Crippen LogP contribution in [0.1, 0.15) is 37.0 Å². The summed E-state index contributed by atoms with van der Waals surface area (Å²) in [6.07, 6.45) is 0.722. The van der Waals surface area contributed by atoms with Gasteiger partial charge in [0.15, 0.2) is 5.78 Å². The molecule has 156 valence electrons. The van der Waals surface area contributed by atoms with Crippen molar-refractivity contribution in [3.63, 3.8) is 0 Å². The van der Waals surface area contributed by atoms with Gasteiger partial charge in [-0.05, 0) is 37.0 Å². The van der Waals surface area contributed by atoms with Crippen LogP contribution in [-0.4, -0.2) is 48.2 Å². The van der Waals surface area contributed by atoms with Gasteiger partial charge in [0.05, 0.1) is 18.2 Å². The molecule has 2 rings (SSSR count). The number of carbonyl (C=O) groups is 3. The Morgan fingerprint density at radius 3 is 2.39 bits per heavy atom. The summed E-state index contributed by atoms with van der Waals surface area (Å²) in [6.45, 7) is 4.11. The summed E-state index contributed by atoms with van der Waals surface area (Å²) in [5.74, 6) is -3.01. The quantitative estimate of drug-likeness (QED) is 0.691. The second-order valence-electron chi connectivity index (χ2n) is 7.13. The molecular formula is C19H26ClF2N3O3. The van der Waals surface area contributed by atoms with Gasteiger partial charge in [-0.3, -0.25) is 14.4 Å². The smallest absolute Gasteiger partial charge is 0.241 e. The van der Waals surface area contributed by atoms with Crippen LogP contribution in [0.3, 0.4) is 0 Å². The standard InChI is InChI=1S/C19H25F2N3O3.ClH/c1-11(2)17(22)19(27)23-10-16(25)24-7-5-12(6-8-24)18(26)14-9-13(20)3-4-15(14)21;/h3-4,9,11-12,17H,5-8,10,22H2,1-2H3,(H,23,27);1H/t17-;/m0./s1. The van der Waals surface area contributed by atoms with Crippen molar-refractivity contribution in [3.8, 4) is 0 Å². The highest BCUT2D eigenvalue weighted by Crippen LogP contribution is 2.23. The first kappa shape index (κ1) is 24.0. The molecule has 6 nitrogen and oxygen atoms in total. The van der Waals surface area contributed by atoms with Crippen LogP contribution in [0.5, 0.6) is 0 Å². The third-order valence-electron chi connectivity index (χ3n) is 4.85. The zero-order valence-corrected chi connectivity index (χ0v) is 16.7. The third kappa shape index (κ3) is 5.97. The van der Waals surface area contributed by atoms with E-state index in [1.807, 2.05) is 13.8 Å². The highest BCUT2D eigenvalue weighted by molar-refractivity contribution is 5.98. The molecule has 1 heterocycles. The summed E-state index contributed by atoms with van der Waals surface area (Å²) >= 11 is 0. The lowest BCUT2D eigenvalue weighted by Crippen LogP contribution is -2.49. The molecule has 1 aliphatic rings. The van der Waals surface area contributed by atoms with Gasteiger partial charge in [-0.2, -0.15) is 0 Å². The summed E-state index contributed by atoms with van der Waals surface area (Å²) in [7, 11) is 0. The molecule has 0 bridgehead atoms. The Labute approximate surface area is 169 Å². The van der Waals surface area contributed by atoms with Gasteiger partial charge < -0.3 is 16.0 Å². The van der Waals surface area contributed by atoms with Crippen LogP contribution in [0, 0.1) is 23.5 Å². The summed E-state index contributed by atoms with van der Waals surface area (Å²) in [4.78, 5) is 38.0. The zero-order valence-electron chi connectivity index (χ0n) is 15.9.